The van der Waals surface area contributed by atoms with Crippen LogP contribution in [0.3, 0.4) is 0 Å². The highest BCUT2D eigenvalue weighted by atomic mass is 32.1. The Morgan fingerprint density at radius 2 is 2.03 bits per heavy atom. The first-order valence-corrected chi connectivity index (χ1v) is 11.0. The van der Waals surface area contributed by atoms with E-state index in [1.54, 1.807) is 18.4 Å². The molecule has 6 heteroatoms. The molecular formula is C23H27N3O2S. The van der Waals surface area contributed by atoms with Crippen molar-refractivity contribution in [3.8, 4) is 5.75 Å². The fourth-order valence-corrected chi connectivity index (χ4v) is 4.90. The molecule has 1 fully saturated rings. The van der Waals surface area contributed by atoms with Gasteiger partial charge >= 0.3 is 0 Å². The Kier molecular flexibility index (Phi) is 6.00. The fourth-order valence-electron chi connectivity index (χ4n) is 3.82. The van der Waals surface area contributed by atoms with Crippen LogP contribution in [0.25, 0.3) is 10.2 Å². The molecule has 1 saturated heterocycles. The number of piperidine rings is 1. The van der Waals surface area contributed by atoms with Gasteiger partial charge in [0.25, 0.3) is 0 Å². The molecular weight excluding hydrogens is 382 g/mol. The van der Waals surface area contributed by atoms with Gasteiger partial charge in [-0.15, -0.1) is 0 Å². The van der Waals surface area contributed by atoms with E-state index in [9.17, 15) is 4.79 Å². The SMILES string of the molecule is CCc1ccc2nc(N3CCC(C(=O)NCc4ccccc4OC)CC3)sc2c1. The van der Waals surface area contributed by atoms with Crippen LogP contribution in [0.2, 0.25) is 0 Å². The Balaban J connectivity index is 1.33. The van der Waals surface area contributed by atoms with Gasteiger partial charge in [-0.25, -0.2) is 4.98 Å². The van der Waals surface area contributed by atoms with Crippen molar-refractivity contribution in [2.75, 3.05) is 25.1 Å². The summed E-state index contributed by atoms with van der Waals surface area (Å²) in [7, 11) is 1.65. The molecule has 1 aliphatic rings. The Labute approximate surface area is 175 Å². The highest BCUT2D eigenvalue weighted by molar-refractivity contribution is 7.22. The molecule has 2 heterocycles. The lowest BCUT2D eigenvalue weighted by Crippen LogP contribution is -2.40. The first-order valence-electron chi connectivity index (χ1n) is 10.2. The van der Waals surface area contributed by atoms with Crippen LogP contribution in [0, 0.1) is 5.92 Å². The Morgan fingerprint density at radius 1 is 1.24 bits per heavy atom. The number of carbonyl (C=O) groups excluding carboxylic acids is 1. The zero-order valence-corrected chi connectivity index (χ0v) is 17.8. The van der Waals surface area contributed by atoms with E-state index in [1.807, 2.05) is 24.3 Å². The Morgan fingerprint density at radius 3 is 2.79 bits per heavy atom. The van der Waals surface area contributed by atoms with Crippen molar-refractivity contribution < 1.29 is 9.53 Å². The second kappa shape index (κ2) is 8.82. The molecule has 0 saturated carbocycles. The number of carbonyl (C=O) groups is 1. The number of aromatic nitrogens is 1. The molecule has 2 aromatic carbocycles. The second-order valence-corrected chi connectivity index (χ2v) is 8.45. The second-order valence-electron chi connectivity index (χ2n) is 7.44. The van der Waals surface area contributed by atoms with E-state index in [4.69, 9.17) is 9.72 Å². The van der Waals surface area contributed by atoms with Crippen molar-refractivity contribution in [2.24, 2.45) is 5.92 Å². The van der Waals surface area contributed by atoms with Gasteiger partial charge in [-0.1, -0.05) is 42.5 Å². The monoisotopic (exact) mass is 409 g/mol. The number of hydrogen-bond donors (Lipinski definition) is 1. The summed E-state index contributed by atoms with van der Waals surface area (Å²) >= 11 is 1.75. The molecule has 29 heavy (non-hydrogen) atoms. The van der Waals surface area contributed by atoms with E-state index >= 15 is 0 Å². The van der Waals surface area contributed by atoms with Crippen LogP contribution in [-0.2, 0) is 17.8 Å². The molecule has 0 radical (unpaired) electrons. The third kappa shape index (κ3) is 4.37. The van der Waals surface area contributed by atoms with Crippen LogP contribution in [0.1, 0.15) is 30.9 Å². The quantitative estimate of drug-likeness (QED) is 0.656. The highest BCUT2D eigenvalue weighted by Gasteiger charge is 2.26. The van der Waals surface area contributed by atoms with Crippen molar-refractivity contribution in [1.82, 2.24) is 10.3 Å². The number of anilines is 1. The van der Waals surface area contributed by atoms with Crippen molar-refractivity contribution in [3.05, 3.63) is 53.6 Å². The topological polar surface area (TPSA) is 54.5 Å². The Hall–Kier alpha value is -2.60. The maximum absolute atomic E-state index is 12.6. The lowest BCUT2D eigenvalue weighted by Gasteiger charge is -2.31. The van der Waals surface area contributed by atoms with Gasteiger partial charge in [0, 0.05) is 31.1 Å². The number of hydrogen-bond acceptors (Lipinski definition) is 5. The van der Waals surface area contributed by atoms with Gasteiger partial charge in [-0.3, -0.25) is 4.79 Å². The number of ether oxygens (including phenoxy) is 1. The number of rotatable bonds is 6. The van der Waals surface area contributed by atoms with E-state index in [-0.39, 0.29) is 11.8 Å². The minimum absolute atomic E-state index is 0.0574. The number of nitrogens with zero attached hydrogens (tertiary/aromatic N) is 2. The summed E-state index contributed by atoms with van der Waals surface area (Å²) in [6.07, 6.45) is 2.75. The molecule has 5 nitrogen and oxygen atoms in total. The van der Waals surface area contributed by atoms with Crippen LogP contribution < -0.4 is 15.0 Å². The predicted molar refractivity (Wildman–Crippen MR) is 119 cm³/mol. The molecule has 1 N–H and O–H groups in total. The summed E-state index contributed by atoms with van der Waals surface area (Å²) in [6, 6.07) is 14.3. The number of aryl methyl sites for hydroxylation is 1. The molecule has 1 aromatic heterocycles. The largest absolute Gasteiger partial charge is 0.496 e. The standard InChI is InChI=1S/C23H27N3O2S/c1-3-16-8-9-19-21(14-16)29-23(25-19)26-12-10-17(11-13-26)22(27)24-15-18-6-4-5-7-20(18)28-2/h4-9,14,17H,3,10-13,15H2,1-2H3,(H,24,27). The third-order valence-electron chi connectivity index (χ3n) is 5.63. The minimum Gasteiger partial charge on any atom is -0.496 e. The number of para-hydroxylation sites is 1. The molecule has 3 aromatic rings. The van der Waals surface area contributed by atoms with Crippen LogP contribution in [0.4, 0.5) is 5.13 Å². The van der Waals surface area contributed by atoms with Gasteiger partial charge in [0.15, 0.2) is 5.13 Å². The van der Waals surface area contributed by atoms with E-state index in [2.05, 4.69) is 35.3 Å². The van der Waals surface area contributed by atoms with Crippen LogP contribution in [0.15, 0.2) is 42.5 Å². The minimum atomic E-state index is 0.0574. The lowest BCUT2D eigenvalue weighted by atomic mass is 9.96. The zero-order chi connectivity index (χ0) is 20.2. The summed E-state index contributed by atoms with van der Waals surface area (Å²) in [5.74, 6) is 0.999. The van der Waals surface area contributed by atoms with Crippen molar-refractivity contribution >= 4 is 32.6 Å². The predicted octanol–water partition coefficient (Wildman–Crippen LogP) is 4.40. The van der Waals surface area contributed by atoms with Gasteiger partial charge in [0.05, 0.1) is 17.3 Å². The smallest absolute Gasteiger partial charge is 0.223 e. The molecule has 1 aliphatic heterocycles. The number of amides is 1. The maximum Gasteiger partial charge on any atom is 0.223 e. The van der Waals surface area contributed by atoms with Gasteiger partial charge in [0.1, 0.15) is 5.75 Å². The number of fused-ring (bicyclic) bond motifs is 1. The average molecular weight is 410 g/mol. The van der Waals surface area contributed by atoms with Crippen molar-refractivity contribution in [1.29, 1.82) is 0 Å². The number of methoxy groups -OCH3 is 1. The zero-order valence-electron chi connectivity index (χ0n) is 17.0. The molecule has 0 spiro atoms. The van der Waals surface area contributed by atoms with Crippen molar-refractivity contribution in [3.63, 3.8) is 0 Å². The van der Waals surface area contributed by atoms with Crippen LogP contribution in [-0.4, -0.2) is 31.1 Å². The lowest BCUT2D eigenvalue weighted by molar-refractivity contribution is -0.125. The molecule has 152 valence electrons. The summed E-state index contributed by atoms with van der Waals surface area (Å²) in [5, 5.41) is 4.15. The first kappa shape index (κ1) is 19.7. The van der Waals surface area contributed by atoms with Gasteiger partial charge in [-0.05, 0) is 43.0 Å². The number of benzene rings is 2. The van der Waals surface area contributed by atoms with E-state index in [1.165, 1.54) is 10.3 Å². The molecule has 0 aliphatic carbocycles. The summed E-state index contributed by atoms with van der Waals surface area (Å²) in [5.41, 5.74) is 3.42. The van der Waals surface area contributed by atoms with Gasteiger partial charge in [0.2, 0.25) is 5.91 Å². The highest BCUT2D eigenvalue weighted by Crippen LogP contribution is 2.32. The van der Waals surface area contributed by atoms with Crippen LogP contribution >= 0.6 is 11.3 Å². The van der Waals surface area contributed by atoms with E-state index in [0.717, 1.165) is 54.3 Å². The average Bonchev–Trinajstić information content (AvgIpc) is 3.21. The normalized spacial score (nSPS) is 14.9. The molecule has 0 atom stereocenters. The van der Waals surface area contributed by atoms with Crippen LogP contribution in [0.5, 0.6) is 5.75 Å². The summed E-state index contributed by atoms with van der Waals surface area (Å²) in [4.78, 5) is 19.8. The van der Waals surface area contributed by atoms with E-state index < -0.39 is 0 Å². The fraction of sp³-hybridized carbons (Fsp3) is 0.391. The summed E-state index contributed by atoms with van der Waals surface area (Å²) in [6.45, 7) is 4.41. The van der Waals surface area contributed by atoms with E-state index in [0.29, 0.717) is 6.54 Å². The molecule has 0 bridgehead atoms. The Bertz CT molecular complexity index is 993. The van der Waals surface area contributed by atoms with Gasteiger partial charge in [-0.2, -0.15) is 0 Å². The molecule has 0 unspecified atom stereocenters. The van der Waals surface area contributed by atoms with Crippen molar-refractivity contribution in [2.45, 2.75) is 32.7 Å². The van der Waals surface area contributed by atoms with Gasteiger partial charge < -0.3 is 15.0 Å². The first-order chi connectivity index (χ1) is 14.2. The molecule has 4 rings (SSSR count). The summed E-state index contributed by atoms with van der Waals surface area (Å²) < 4.78 is 6.61. The molecule has 1 amide bonds. The maximum atomic E-state index is 12.6. The number of thiazole rings is 1. The third-order valence-corrected chi connectivity index (χ3v) is 6.71. The number of nitrogens with one attached hydrogen (secondary N) is 1.